The lowest BCUT2D eigenvalue weighted by Gasteiger charge is -2.16. The molecule has 0 aliphatic rings. The number of halogens is 1. The van der Waals surface area contributed by atoms with E-state index in [1.165, 1.54) is 13.8 Å². The van der Waals surface area contributed by atoms with Crippen molar-refractivity contribution in [3.05, 3.63) is 29.1 Å². The average molecular weight is 289 g/mol. The maximum atomic E-state index is 13.1. The molecular formula is C12H16FNO4S. The molecule has 0 spiro atoms. The zero-order valence-corrected chi connectivity index (χ0v) is 11.7. The molecule has 1 aromatic rings. The Balaban J connectivity index is 3.25. The van der Waals surface area contributed by atoms with Gasteiger partial charge in [-0.15, -0.1) is 0 Å². The molecule has 0 aromatic heterocycles. The van der Waals surface area contributed by atoms with Crippen LogP contribution in [0.4, 0.5) is 4.39 Å². The number of sulfonamides is 1. The van der Waals surface area contributed by atoms with Gasteiger partial charge < -0.3 is 5.11 Å². The summed E-state index contributed by atoms with van der Waals surface area (Å²) in [6.07, 6.45) is 0.119. The highest BCUT2D eigenvalue weighted by Gasteiger charge is 2.26. The predicted molar refractivity (Wildman–Crippen MR) is 67.9 cm³/mol. The molecule has 0 radical (unpaired) electrons. The van der Waals surface area contributed by atoms with Crippen molar-refractivity contribution < 1.29 is 22.7 Å². The van der Waals surface area contributed by atoms with Crippen LogP contribution in [0.15, 0.2) is 17.0 Å². The monoisotopic (exact) mass is 289 g/mol. The van der Waals surface area contributed by atoms with Gasteiger partial charge in [-0.1, -0.05) is 6.92 Å². The molecule has 106 valence electrons. The molecule has 2 N–H and O–H groups in total. The van der Waals surface area contributed by atoms with Crippen LogP contribution in [0, 0.1) is 19.7 Å². The van der Waals surface area contributed by atoms with Crippen LogP contribution in [0.1, 0.15) is 24.5 Å². The van der Waals surface area contributed by atoms with Crippen molar-refractivity contribution in [3.8, 4) is 0 Å². The summed E-state index contributed by atoms with van der Waals surface area (Å²) in [7, 11) is -3.99. The van der Waals surface area contributed by atoms with Gasteiger partial charge in [0.25, 0.3) is 0 Å². The number of nitrogens with one attached hydrogen (secondary N) is 1. The van der Waals surface area contributed by atoms with Gasteiger partial charge in [-0.05, 0) is 43.5 Å². The SMILES string of the molecule is CC[C@@H](NS(=O)(=O)c1c(C)cc(F)cc1C)C(=O)O. The van der Waals surface area contributed by atoms with Crippen LogP contribution in [0.2, 0.25) is 0 Å². The maximum absolute atomic E-state index is 13.1. The Morgan fingerprint density at radius 1 is 1.37 bits per heavy atom. The van der Waals surface area contributed by atoms with E-state index in [1.54, 1.807) is 6.92 Å². The minimum atomic E-state index is -3.99. The normalized spacial score (nSPS) is 13.3. The van der Waals surface area contributed by atoms with Crippen LogP contribution in [0.25, 0.3) is 0 Å². The van der Waals surface area contributed by atoms with E-state index in [0.717, 1.165) is 12.1 Å². The zero-order chi connectivity index (χ0) is 14.8. The molecule has 19 heavy (non-hydrogen) atoms. The molecule has 0 heterocycles. The highest BCUT2D eigenvalue weighted by molar-refractivity contribution is 7.89. The van der Waals surface area contributed by atoms with Gasteiger partial charge in [-0.2, -0.15) is 4.72 Å². The van der Waals surface area contributed by atoms with Crippen molar-refractivity contribution in [1.29, 1.82) is 0 Å². The standard InChI is InChI=1S/C12H16FNO4S/c1-4-10(12(15)16)14-19(17,18)11-7(2)5-9(13)6-8(11)3/h5-6,10,14H,4H2,1-3H3,(H,15,16)/t10-/m1/s1. The second-order valence-electron chi connectivity index (χ2n) is 4.29. The molecule has 0 saturated heterocycles. The van der Waals surface area contributed by atoms with Crippen molar-refractivity contribution in [3.63, 3.8) is 0 Å². The molecule has 0 unspecified atom stereocenters. The highest BCUT2D eigenvalue weighted by atomic mass is 32.2. The number of aryl methyl sites for hydroxylation is 2. The van der Waals surface area contributed by atoms with Crippen LogP contribution in [-0.4, -0.2) is 25.5 Å². The number of carboxylic acids is 1. The zero-order valence-electron chi connectivity index (χ0n) is 10.9. The van der Waals surface area contributed by atoms with E-state index < -0.39 is 27.9 Å². The number of rotatable bonds is 5. The molecule has 0 amide bonds. The van der Waals surface area contributed by atoms with Crippen LogP contribution >= 0.6 is 0 Å². The maximum Gasteiger partial charge on any atom is 0.321 e. The third-order valence-electron chi connectivity index (χ3n) is 2.70. The first-order valence-corrected chi connectivity index (χ1v) is 7.19. The number of hydrogen-bond acceptors (Lipinski definition) is 3. The molecule has 5 nitrogen and oxygen atoms in total. The quantitative estimate of drug-likeness (QED) is 0.862. The molecule has 0 aliphatic carbocycles. The van der Waals surface area contributed by atoms with Gasteiger partial charge in [0.15, 0.2) is 0 Å². The summed E-state index contributed by atoms with van der Waals surface area (Å²) in [6.45, 7) is 4.49. The highest BCUT2D eigenvalue weighted by Crippen LogP contribution is 2.21. The number of carbonyl (C=O) groups is 1. The Kier molecular flexibility index (Phi) is 4.65. The molecule has 0 saturated carbocycles. The lowest BCUT2D eigenvalue weighted by atomic mass is 10.1. The first-order chi connectivity index (χ1) is 8.69. The molecule has 7 heteroatoms. The van der Waals surface area contributed by atoms with Crippen LogP contribution in [0.3, 0.4) is 0 Å². The molecule has 0 aliphatic heterocycles. The van der Waals surface area contributed by atoms with Gasteiger partial charge in [0.05, 0.1) is 4.90 Å². The van der Waals surface area contributed by atoms with Crippen molar-refractivity contribution in [2.45, 2.75) is 38.1 Å². The summed E-state index contributed by atoms with van der Waals surface area (Å²) < 4.78 is 39.6. The van der Waals surface area contributed by atoms with Crippen molar-refractivity contribution in [1.82, 2.24) is 4.72 Å². The van der Waals surface area contributed by atoms with E-state index in [-0.39, 0.29) is 22.4 Å². The van der Waals surface area contributed by atoms with E-state index in [2.05, 4.69) is 4.72 Å². The number of carboxylic acid groups (broad SMARTS) is 1. The average Bonchev–Trinajstić information content (AvgIpc) is 2.23. The summed E-state index contributed by atoms with van der Waals surface area (Å²) in [4.78, 5) is 10.8. The minimum Gasteiger partial charge on any atom is -0.480 e. The Hall–Kier alpha value is -1.47. The van der Waals surface area contributed by atoms with Crippen molar-refractivity contribution >= 4 is 16.0 Å². The third-order valence-corrected chi connectivity index (χ3v) is 4.47. The molecular weight excluding hydrogens is 273 g/mol. The van der Waals surface area contributed by atoms with Crippen LogP contribution in [-0.2, 0) is 14.8 Å². The molecule has 0 bridgehead atoms. The van der Waals surface area contributed by atoms with Gasteiger partial charge >= 0.3 is 5.97 Å². The van der Waals surface area contributed by atoms with Crippen LogP contribution < -0.4 is 4.72 Å². The Bertz CT molecular complexity index is 575. The summed E-state index contributed by atoms with van der Waals surface area (Å²) in [5.41, 5.74) is 0.482. The van der Waals surface area contributed by atoms with Gasteiger partial charge in [0.1, 0.15) is 11.9 Å². The van der Waals surface area contributed by atoms with Crippen LogP contribution in [0.5, 0.6) is 0 Å². The molecule has 0 fully saturated rings. The second kappa shape index (κ2) is 5.66. The summed E-state index contributed by atoms with van der Waals surface area (Å²) in [6, 6.07) is 1.00. The lowest BCUT2D eigenvalue weighted by Crippen LogP contribution is -2.40. The third kappa shape index (κ3) is 3.51. The van der Waals surface area contributed by atoms with Crippen molar-refractivity contribution in [2.24, 2.45) is 0 Å². The van der Waals surface area contributed by atoms with E-state index in [4.69, 9.17) is 5.11 Å². The molecule has 1 aromatic carbocycles. The molecule has 1 rings (SSSR count). The van der Waals surface area contributed by atoms with Gasteiger partial charge in [-0.3, -0.25) is 4.79 Å². The van der Waals surface area contributed by atoms with E-state index in [9.17, 15) is 17.6 Å². The van der Waals surface area contributed by atoms with E-state index >= 15 is 0 Å². The minimum absolute atomic E-state index is 0.0754. The topological polar surface area (TPSA) is 83.5 Å². The fourth-order valence-corrected chi connectivity index (χ4v) is 3.60. The fraction of sp³-hybridized carbons (Fsp3) is 0.417. The largest absolute Gasteiger partial charge is 0.480 e. The van der Waals surface area contributed by atoms with Gasteiger partial charge in [0.2, 0.25) is 10.0 Å². The summed E-state index contributed by atoms with van der Waals surface area (Å²) in [5.74, 6) is -1.78. The first-order valence-electron chi connectivity index (χ1n) is 5.71. The number of hydrogen-bond donors (Lipinski definition) is 2. The first kappa shape index (κ1) is 15.6. The second-order valence-corrected chi connectivity index (χ2v) is 5.94. The fourth-order valence-electron chi connectivity index (χ4n) is 1.88. The number of benzene rings is 1. The van der Waals surface area contributed by atoms with Crippen molar-refractivity contribution in [2.75, 3.05) is 0 Å². The number of aliphatic carboxylic acids is 1. The van der Waals surface area contributed by atoms with Gasteiger partial charge in [0, 0.05) is 0 Å². The predicted octanol–water partition coefficient (Wildman–Crippen LogP) is 1.58. The van der Waals surface area contributed by atoms with E-state index in [0.29, 0.717) is 0 Å². The smallest absolute Gasteiger partial charge is 0.321 e. The van der Waals surface area contributed by atoms with Gasteiger partial charge in [-0.25, -0.2) is 12.8 Å². The van der Waals surface area contributed by atoms with E-state index in [1.807, 2.05) is 0 Å². The Labute approximate surface area is 111 Å². The Morgan fingerprint density at radius 2 is 1.84 bits per heavy atom. The summed E-state index contributed by atoms with van der Waals surface area (Å²) >= 11 is 0. The lowest BCUT2D eigenvalue weighted by molar-refractivity contribution is -0.139. The molecule has 1 atom stereocenters. The Morgan fingerprint density at radius 3 is 2.21 bits per heavy atom. The summed E-state index contributed by atoms with van der Waals surface area (Å²) in [5, 5.41) is 8.88.